The summed E-state index contributed by atoms with van der Waals surface area (Å²) in [6.45, 7) is 7.68. The highest BCUT2D eigenvalue weighted by Crippen LogP contribution is 2.24. The molecule has 0 aliphatic heterocycles. The number of amides is 1. The van der Waals surface area contributed by atoms with Crippen molar-refractivity contribution < 1.29 is 18.7 Å². The predicted molar refractivity (Wildman–Crippen MR) is 103 cm³/mol. The molecule has 29 heavy (non-hydrogen) atoms. The van der Waals surface area contributed by atoms with Gasteiger partial charge in [-0.1, -0.05) is 0 Å². The summed E-state index contributed by atoms with van der Waals surface area (Å²) >= 11 is 0. The molecular weight excluding hydrogens is 377 g/mol. The van der Waals surface area contributed by atoms with Gasteiger partial charge in [0.15, 0.2) is 5.89 Å². The average Bonchev–Trinajstić information content (AvgIpc) is 3.31. The number of hydrogen-bond acceptors (Lipinski definition) is 6. The molecule has 0 radical (unpaired) electrons. The van der Waals surface area contributed by atoms with Crippen LogP contribution in [-0.4, -0.2) is 49.0 Å². The third-order valence-corrected chi connectivity index (χ3v) is 4.51. The van der Waals surface area contributed by atoms with Gasteiger partial charge >= 0.3 is 0 Å². The van der Waals surface area contributed by atoms with Crippen molar-refractivity contribution in [3.05, 3.63) is 59.3 Å². The summed E-state index contributed by atoms with van der Waals surface area (Å²) in [6.07, 6.45) is 3.30. The van der Waals surface area contributed by atoms with Gasteiger partial charge in [0.1, 0.15) is 28.6 Å². The number of benzene rings is 1. The number of likely N-dealkylation sites (N-methyl/N-ethyl adjacent to an activating group) is 1. The number of halogens is 1. The van der Waals surface area contributed by atoms with Crippen LogP contribution in [0.15, 0.2) is 35.0 Å². The molecule has 0 atom stereocenters. The second-order valence-corrected chi connectivity index (χ2v) is 7.19. The molecule has 154 valence electrons. The molecule has 9 heteroatoms. The number of nitrogens with zero attached hydrogens (tertiary/aromatic N) is 5. The molecule has 0 fully saturated rings. The standard InChI is InChI=1S/C20H24FN5O3/c1-5-25(11-8-17-24-18(13(2)29-17)20(3,4)28)19(27)15-7-6-14(21)12-16(15)26-22-9-10-23-26/h6-7,9-10,12,28H,5,8,11H2,1-4H3. The zero-order valence-corrected chi connectivity index (χ0v) is 16.9. The van der Waals surface area contributed by atoms with Gasteiger partial charge in [-0.2, -0.15) is 15.0 Å². The minimum absolute atomic E-state index is 0.272. The van der Waals surface area contributed by atoms with Crippen molar-refractivity contribution in [2.75, 3.05) is 13.1 Å². The molecule has 0 saturated carbocycles. The Hall–Kier alpha value is -3.07. The fourth-order valence-electron chi connectivity index (χ4n) is 3.12. The van der Waals surface area contributed by atoms with Gasteiger partial charge in [0, 0.05) is 25.6 Å². The van der Waals surface area contributed by atoms with Gasteiger partial charge in [0.25, 0.3) is 5.91 Å². The van der Waals surface area contributed by atoms with Gasteiger partial charge in [-0.05, 0) is 39.8 Å². The van der Waals surface area contributed by atoms with Gasteiger partial charge in [0.05, 0.1) is 18.0 Å². The molecular formula is C20H24FN5O3. The van der Waals surface area contributed by atoms with E-state index in [2.05, 4.69) is 15.2 Å². The van der Waals surface area contributed by atoms with Crippen LogP contribution in [0.2, 0.25) is 0 Å². The van der Waals surface area contributed by atoms with Crippen molar-refractivity contribution in [2.24, 2.45) is 0 Å². The Balaban J connectivity index is 1.80. The molecule has 8 nitrogen and oxygen atoms in total. The average molecular weight is 401 g/mol. The molecule has 0 aliphatic carbocycles. The number of rotatable bonds is 7. The lowest BCUT2D eigenvalue weighted by molar-refractivity contribution is 0.0725. The molecule has 0 aliphatic rings. The van der Waals surface area contributed by atoms with Crippen molar-refractivity contribution in [3.63, 3.8) is 0 Å². The van der Waals surface area contributed by atoms with Crippen LogP contribution in [0.25, 0.3) is 5.69 Å². The molecule has 2 aromatic heterocycles. The van der Waals surface area contributed by atoms with Crippen LogP contribution in [0.4, 0.5) is 4.39 Å². The Bertz CT molecular complexity index is 992. The van der Waals surface area contributed by atoms with E-state index in [9.17, 15) is 14.3 Å². The van der Waals surface area contributed by atoms with Gasteiger partial charge < -0.3 is 14.4 Å². The fraction of sp³-hybridized carbons (Fsp3) is 0.400. The SMILES string of the molecule is CCN(CCc1nc(C(C)(C)O)c(C)o1)C(=O)c1ccc(F)cc1-n1nccn1. The third kappa shape index (κ3) is 4.51. The van der Waals surface area contributed by atoms with E-state index in [1.54, 1.807) is 25.7 Å². The fourth-order valence-corrected chi connectivity index (χ4v) is 3.12. The van der Waals surface area contributed by atoms with E-state index < -0.39 is 11.4 Å². The molecule has 0 bridgehead atoms. The van der Waals surface area contributed by atoms with E-state index in [1.165, 1.54) is 35.4 Å². The highest BCUT2D eigenvalue weighted by atomic mass is 19.1. The number of aryl methyl sites for hydroxylation is 1. The first kappa shape index (κ1) is 20.7. The number of hydrogen-bond donors (Lipinski definition) is 1. The smallest absolute Gasteiger partial charge is 0.256 e. The zero-order valence-electron chi connectivity index (χ0n) is 16.9. The third-order valence-electron chi connectivity index (χ3n) is 4.51. The maximum absolute atomic E-state index is 13.8. The first-order chi connectivity index (χ1) is 13.7. The zero-order chi connectivity index (χ0) is 21.2. The van der Waals surface area contributed by atoms with Crippen molar-refractivity contribution in [2.45, 2.75) is 39.7 Å². The number of oxazole rings is 1. The Morgan fingerprint density at radius 3 is 2.59 bits per heavy atom. The van der Waals surface area contributed by atoms with Crippen LogP contribution in [0.3, 0.4) is 0 Å². The van der Waals surface area contributed by atoms with Crippen LogP contribution < -0.4 is 0 Å². The largest absolute Gasteiger partial charge is 0.446 e. The first-order valence-corrected chi connectivity index (χ1v) is 9.35. The Kier molecular flexibility index (Phi) is 5.78. The highest BCUT2D eigenvalue weighted by Gasteiger charge is 2.25. The summed E-state index contributed by atoms with van der Waals surface area (Å²) < 4.78 is 19.4. The van der Waals surface area contributed by atoms with E-state index in [-0.39, 0.29) is 11.6 Å². The van der Waals surface area contributed by atoms with Crippen molar-refractivity contribution in [3.8, 4) is 5.69 Å². The highest BCUT2D eigenvalue weighted by molar-refractivity contribution is 5.97. The quantitative estimate of drug-likeness (QED) is 0.654. The monoisotopic (exact) mass is 401 g/mol. The number of aromatic nitrogens is 4. The maximum Gasteiger partial charge on any atom is 0.256 e. The summed E-state index contributed by atoms with van der Waals surface area (Å²) in [5, 5.41) is 18.2. The molecule has 0 spiro atoms. The lowest BCUT2D eigenvalue weighted by Crippen LogP contribution is -2.33. The van der Waals surface area contributed by atoms with Gasteiger partial charge in [-0.25, -0.2) is 9.37 Å². The van der Waals surface area contributed by atoms with Crippen molar-refractivity contribution in [1.29, 1.82) is 0 Å². The van der Waals surface area contributed by atoms with Crippen LogP contribution in [0, 0.1) is 12.7 Å². The van der Waals surface area contributed by atoms with Crippen LogP contribution >= 0.6 is 0 Å². The van der Waals surface area contributed by atoms with Crippen LogP contribution in [-0.2, 0) is 12.0 Å². The summed E-state index contributed by atoms with van der Waals surface area (Å²) in [6, 6.07) is 3.90. The summed E-state index contributed by atoms with van der Waals surface area (Å²) in [7, 11) is 0. The molecule has 0 saturated heterocycles. The van der Waals surface area contributed by atoms with E-state index in [0.29, 0.717) is 42.4 Å². The van der Waals surface area contributed by atoms with E-state index in [0.717, 1.165) is 0 Å². The lowest BCUT2D eigenvalue weighted by atomic mass is 10.0. The summed E-state index contributed by atoms with van der Waals surface area (Å²) in [5.74, 6) is 0.239. The van der Waals surface area contributed by atoms with Crippen LogP contribution in [0.5, 0.6) is 0 Å². The lowest BCUT2D eigenvalue weighted by Gasteiger charge is -2.21. The van der Waals surface area contributed by atoms with E-state index in [1.807, 2.05) is 6.92 Å². The van der Waals surface area contributed by atoms with E-state index in [4.69, 9.17) is 4.42 Å². The number of carbonyl (C=O) groups is 1. The molecule has 1 amide bonds. The summed E-state index contributed by atoms with van der Waals surface area (Å²) in [4.78, 5) is 20.3. The minimum Gasteiger partial charge on any atom is -0.446 e. The van der Waals surface area contributed by atoms with E-state index >= 15 is 0 Å². The summed E-state index contributed by atoms with van der Waals surface area (Å²) in [5.41, 5.74) is -0.0568. The normalized spacial score (nSPS) is 11.7. The molecule has 3 rings (SSSR count). The first-order valence-electron chi connectivity index (χ1n) is 9.35. The number of carbonyl (C=O) groups excluding carboxylic acids is 1. The molecule has 2 heterocycles. The predicted octanol–water partition coefficient (Wildman–Crippen LogP) is 2.64. The van der Waals surface area contributed by atoms with Gasteiger partial charge in [0.2, 0.25) is 0 Å². The number of aliphatic hydroxyl groups is 1. The molecule has 0 unspecified atom stereocenters. The topological polar surface area (TPSA) is 97.3 Å². The van der Waals surface area contributed by atoms with Gasteiger partial charge in [-0.15, -0.1) is 0 Å². The molecule has 1 N–H and O–H groups in total. The van der Waals surface area contributed by atoms with Crippen molar-refractivity contribution in [1.82, 2.24) is 24.9 Å². The van der Waals surface area contributed by atoms with Crippen molar-refractivity contribution >= 4 is 5.91 Å². The minimum atomic E-state index is -1.11. The molecule has 1 aromatic carbocycles. The van der Waals surface area contributed by atoms with Gasteiger partial charge in [-0.3, -0.25) is 4.79 Å². The maximum atomic E-state index is 13.8. The Morgan fingerprint density at radius 2 is 2.00 bits per heavy atom. The Labute approximate surface area is 168 Å². The van der Waals surface area contributed by atoms with Crippen LogP contribution in [0.1, 0.15) is 48.5 Å². The Morgan fingerprint density at radius 1 is 1.31 bits per heavy atom. The molecule has 3 aromatic rings. The second kappa shape index (κ2) is 8.12. The second-order valence-electron chi connectivity index (χ2n) is 7.19.